The summed E-state index contributed by atoms with van der Waals surface area (Å²) in [6, 6.07) is 0.254. The van der Waals surface area contributed by atoms with Gasteiger partial charge in [0.05, 0.1) is 0 Å². The molecule has 0 saturated heterocycles. The summed E-state index contributed by atoms with van der Waals surface area (Å²) < 4.78 is 0. The van der Waals surface area contributed by atoms with Crippen molar-refractivity contribution in [3.05, 3.63) is 0 Å². The molecule has 0 bridgehead atoms. The van der Waals surface area contributed by atoms with E-state index in [1.165, 1.54) is 19.3 Å². The van der Waals surface area contributed by atoms with Crippen LogP contribution >= 0.6 is 0 Å². The van der Waals surface area contributed by atoms with Gasteiger partial charge >= 0.3 is 0 Å². The van der Waals surface area contributed by atoms with Crippen LogP contribution in [0.3, 0.4) is 0 Å². The van der Waals surface area contributed by atoms with Crippen LogP contribution in [0, 0.1) is 5.41 Å². The van der Waals surface area contributed by atoms with Crippen LogP contribution in [0.1, 0.15) is 65.7 Å². The first-order chi connectivity index (χ1) is 8.98. The van der Waals surface area contributed by atoms with Gasteiger partial charge in [-0.05, 0) is 33.1 Å². The van der Waals surface area contributed by atoms with Crippen LogP contribution in [-0.2, 0) is 9.59 Å². The Labute approximate surface area is 116 Å². The number of amides is 2. The lowest BCUT2D eigenvalue weighted by Gasteiger charge is -2.28. The van der Waals surface area contributed by atoms with E-state index in [1.54, 1.807) is 13.8 Å². The van der Waals surface area contributed by atoms with Crippen LogP contribution in [-0.4, -0.2) is 24.4 Å². The van der Waals surface area contributed by atoms with E-state index in [4.69, 9.17) is 0 Å². The maximum Gasteiger partial charge on any atom is 0.235 e. The second-order valence-electron chi connectivity index (χ2n) is 6.04. The number of hydrogen-bond acceptors (Lipinski definition) is 2. The number of nitrogens with one attached hydrogen (secondary N) is 2. The highest BCUT2D eigenvalue weighted by Crippen LogP contribution is 2.21. The monoisotopic (exact) mass is 268 g/mol. The molecule has 0 atom stereocenters. The molecule has 0 heterocycles. The largest absolute Gasteiger partial charge is 0.355 e. The maximum atomic E-state index is 12.2. The summed E-state index contributed by atoms with van der Waals surface area (Å²) in [6.07, 6.45) is 7.68. The summed E-state index contributed by atoms with van der Waals surface area (Å²) in [4.78, 5) is 24.3. The minimum Gasteiger partial charge on any atom is -0.355 e. The lowest BCUT2D eigenvalue weighted by atomic mass is 9.89. The van der Waals surface area contributed by atoms with Gasteiger partial charge in [-0.15, -0.1) is 0 Å². The fourth-order valence-electron chi connectivity index (χ4n) is 2.32. The van der Waals surface area contributed by atoms with Gasteiger partial charge < -0.3 is 10.6 Å². The molecule has 0 aromatic heterocycles. The van der Waals surface area contributed by atoms with Crippen LogP contribution in [0.4, 0.5) is 0 Å². The summed E-state index contributed by atoms with van der Waals surface area (Å²) in [7, 11) is 0. The second-order valence-corrected chi connectivity index (χ2v) is 6.04. The van der Waals surface area contributed by atoms with E-state index in [2.05, 4.69) is 17.6 Å². The van der Waals surface area contributed by atoms with E-state index in [1.807, 2.05) is 0 Å². The zero-order valence-corrected chi connectivity index (χ0v) is 12.6. The molecule has 0 radical (unpaired) electrons. The van der Waals surface area contributed by atoms with E-state index in [-0.39, 0.29) is 17.9 Å². The fourth-order valence-corrected chi connectivity index (χ4v) is 2.32. The first-order valence-electron chi connectivity index (χ1n) is 7.57. The Morgan fingerprint density at radius 3 is 2.32 bits per heavy atom. The molecule has 1 saturated carbocycles. The third-order valence-corrected chi connectivity index (χ3v) is 3.89. The normalized spacial score (nSPS) is 17.0. The van der Waals surface area contributed by atoms with Crippen molar-refractivity contribution in [1.29, 1.82) is 0 Å². The zero-order valence-electron chi connectivity index (χ0n) is 12.6. The van der Waals surface area contributed by atoms with Crippen molar-refractivity contribution in [2.45, 2.75) is 71.8 Å². The van der Waals surface area contributed by atoms with Gasteiger partial charge in [-0.2, -0.15) is 0 Å². The van der Waals surface area contributed by atoms with Crippen LogP contribution < -0.4 is 10.6 Å². The average molecular weight is 268 g/mol. The van der Waals surface area contributed by atoms with Crippen LogP contribution in [0.25, 0.3) is 0 Å². The van der Waals surface area contributed by atoms with Gasteiger partial charge in [0, 0.05) is 12.6 Å². The molecule has 1 aliphatic rings. The van der Waals surface area contributed by atoms with Crippen molar-refractivity contribution in [2.75, 3.05) is 6.54 Å². The maximum absolute atomic E-state index is 12.2. The molecular weight excluding hydrogens is 240 g/mol. The number of carbonyl (C=O) groups excluding carboxylic acids is 2. The Hall–Kier alpha value is -1.06. The summed E-state index contributed by atoms with van der Waals surface area (Å²) in [6.45, 7) is 6.13. The Balaban J connectivity index is 2.45. The van der Waals surface area contributed by atoms with E-state index in [9.17, 15) is 9.59 Å². The predicted molar refractivity (Wildman–Crippen MR) is 76.7 cm³/mol. The van der Waals surface area contributed by atoms with Crippen molar-refractivity contribution in [3.8, 4) is 0 Å². The molecule has 0 aliphatic heterocycles. The molecule has 110 valence electrons. The van der Waals surface area contributed by atoms with E-state index in [0.717, 1.165) is 25.7 Å². The van der Waals surface area contributed by atoms with Gasteiger partial charge in [0.15, 0.2) is 0 Å². The van der Waals surface area contributed by atoms with E-state index < -0.39 is 5.41 Å². The highest BCUT2D eigenvalue weighted by molar-refractivity contribution is 6.04. The average Bonchev–Trinajstić information content (AvgIpc) is 2.40. The molecule has 4 heteroatoms. The lowest BCUT2D eigenvalue weighted by Crippen LogP contribution is -2.51. The van der Waals surface area contributed by atoms with Crippen molar-refractivity contribution < 1.29 is 9.59 Å². The number of unbranched alkanes of at least 4 members (excludes halogenated alkanes) is 1. The van der Waals surface area contributed by atoms with Crippen LogP contribution in [0.2, 0.25) is 0 Å². The molecule has 0 aromatic rings. The van der Waals surface area contributed by atoms with Crippen molar-refractivity contribution in [1.82, 2.24) is 10.6 Å². The zero-order chi connectivity index (χ0) is 14.3. The minimum atomic E-state index is -0.981. The molecule has 1 aliphatic carbocycles. The first kappa shape index (κ1) is 16.0. The smallest absolute Gasteiger partial charge is 0.235 e. The molecule has 1 rings (SSSR count). The molecule has 0 spiro atoms. The summed E-state index contributed by atoms with van der Waals surface area (Å²) in [5.74, 6) is -0.317. The van der Waals surface area contributed by atoms with Crippen molar-refractivity contribution >= 4 is 11.8 Å². The second kappa shape index (κ2) is 7.51. The summed E-state index contributed by atoms with van der Waals surface area (Å²) in [5, 5.41) is 5.87. The highest BCUT2D eigenvalue weighted by Gasteiger charge is 2.36. The van der Waals surface area contributed by atoms with Gasteiger partial charge in [0.2, 0.25) is 11.8 Å². The van der Waals surface area contributed by atoms with Crippen molar-refractivity contribution in [3.63, 3.8) is 0 Å². The number of rotatable bonds is 6. The molecule has 2 N–H and O–H groups in total. The Morgan fingerprint density at radius 1 is 1.11 bits per heavy atom. The Morgan fingerprint density at radius 2 is 1.74 bits per heavy atom. The molecule has 2 amide bonds. The van der Waals surface area contributed by atoms with E-state index >= 15 is 0 Å². The first-order valence-corrected chi connectivity index (χ1v) is 7.57. The van der Waals surface area contributed by atoms with E-state index in [0.29, 0.717) is 6.54 Å². The third-order valence-electron chi connectivity index (χ3n) is 3.89. The number of hydrogen-bond donors (Lipinski definition) is 2. The standard InChI is InChI=1S/C15H28N2O2/c1-4-5-11-16-13(18)15(2,3)14(19)17-12-9-7-6-8-10-12/h12H,4-11H2,1-3H3,(H,16,18)(H,17,19). The molecule has 4 nitrogen and oxygen atoms in total. The third kappa shape index (κ3) is 4.84. The van der Waals surface area contributed by atoms with Crippen LogP contribution in [0.5, 0.6) is 0 Å². The van der Waals surface area contributed by atoms with Gasteiger partial charge in [-0.3, -0.25) is 9.59 Å². The molecular formula is C15H28N2O2. The molecule has 1 fully saturated rings. The summed E-state index contributed by atoms with van der Waals surface area (Å²) >= 11 is 0. The molecule has 0 aromatic carbocycles. The Bertz CT molecular complexity index is 307. The minimum absolute atomic E-state index is 0.145. The lowest BCUT2D eigenvalue weighted by molar-refractivity contribution is -0.141. The topological polar surface area (TPSA) is 58.2 Å². The predicted octanol–water partition coefficient (Wildman–Crippen LogP) is 2.38. The highest BCUT2D eigenvalue weighted by atomic mass is 16.2. The fraction of sp³-hybridized carbons (Fsp3) is 0.867. The quantitative estimate of drug-likeness (QED) is 0.574. The van der Waals surface area contributed by atoms with Crippen molar-refractivity contribution in [2.24, 2.45) is 5.41 Å². The molecule has 19 heavy (non-hydrogen) atoms. The molecule has 0 unspecified atom stereocenters. The Kier molecular flexibility index (Phi) is 6.32. The van der Waals surface area contributed by atoms with Gasteiger partial charge in [-0.25, -0.2) is 0 Å². The number of carbonyl (C=O) groups is 2. The SMILES string of the molecule is CCCCNC(=O)C(C)(C)C(=O)NC1CCCCC1. The van der Waals surface area contributed by atoms with Crippen LogP contribution in [0.15, 0.2) is 0 Å². The van der Waals surface area contributed by atoms with Gasteiger partial charge in [0.1, 0.15) is 5.41 Å². The summed E-state index contributed by atoms with van der Waals surface area (Å²) in [5.41, 5.74) is -0.981. The van der Waals surface area contributed by atoms with Gasteiger partial charge in [0.25, 0.3) is 0 Å². The van der Waals surface area contributed by atoms with Gasteiger partial charge in [-0.1, -0.05) is 32.6 Å².